The van der Waals surface area contributed by atoms with E-state index in [0.29, 0.717) is 22.1 Å². The Kier molecular flexibility index (Phi) is 6.51. The predicted octanol–water partition coefficient (Wildman–Crippen LogP) is 2.51. The van der Waals surface area contributed by atoms with E-state index in [1.165, 1.54) is 47.8 Å². The van der Waals surface area contributed by atoms with Gasteiger partial charge in [-0.15, -0.1) is 23.5 Å². The van der Waals surface area contributed by atoms with Gasteiger partial charge in [-0.2, -0.15) is 0 Å². The summed E-state index contributed by atoms with van der Waals surface area (Å²) in [6, 6.07) is 8.58. The third-order valence-corrected chi connectivity index (χ3v) is 5.05. The van der Waals surface area contributed by atoms with Crippen LogP contribution in [0.1, 0.15) is 0 Å². The molecular formula is C16H17NO5S2. The minimum atomic E-state index is -0.178. The Morgan fingerprint density at radius 3 is 1.96 bits per heavy atom. The molecule has 0 aliphatic heterocycles. The van der Waals surface area contributed by atoms with Gasteiger partial charge in [0.1, 0.15) is 23.0 Å². The largest absolute Gasteiger partial charge is 0.508 e. The number of thioether (sulfide) groups is 2. The summed E-state index contributed by atoms with van der Waals surface area (Å²) in [4.78, 5) is 12.9. The first-order valence-corrected chi connectivity index (χ1v) is 8.99. The Morgan fingerprint density at radius 1 is 0.875 bits per heavy atom. The van der Waals surface area contributed by atoms with Crippen molar-refractivity contribution in [1.29, 1.82) is 0 Å². The first kappa shape index (κ1) is 18.2. The van der Waals surface area contributed by atoms with Crippen molar-refractivity contribution >= 4 is 29.4 Å². The summed E-state index contributed by atoms with van der Waals surface area (Å²) in [7, 11) is 0. The number of benzene rings is 2. The zero-order valence-corrected chi connectivity index (χ0v) is 14.2. The highest BCUT2D eigenvalue weighted by molar-refractivity contribution is 8.00. The first-order valence-electron chi connectivity index (χ1n) is 7.02. The number of hydrogen-bond donors (Lipinski definition) is 5. The van der Waals surface area contributed by atoms with Crippen LogP contribution in [0.25, 0.3) is 0 Å². The number of carbonyl (C=O) groups is 1. The number of nitrogens with one attached hydrogen (secondary N) is 1. The molecule has 0 saturated carbocycles. The van der Waals surface area contributed by atoms with Crippen LogP contribution in [-0.2, 0) is 4.79 Å². The first-order chi connectivity index (χ1) is 11.5. The van der Waals surface area contributed by atoms with E-state index >= 15 is 0 Å². The van der Waals surface area contributed by atoms with E-state index in [9.17, 15) is 25.2 Å². The Morgan fingerprint density at radius 2 is 1.42 bits per heavy atom. The fourth-order valence-electron chi connectivity index (χ4n) is 1.80. The van der Waals surface area contributed by atoms with E-state index < -0.39 is 0 Å². The van der Waals surface area contributed by atoms with Crippen LogP contribution in [0, 0.1) is 0 Å². The van der Waals surface area contributed by atoms with E-state index in [2.05, 4.69) is 5.32 Å². The second-order valence-electron chi connectivity index (χ2n) is 4.79. The summed E-state index contributed by atoms with van der Waals surface area (Å²) in [5, 5.41) is 40.4. The van der Waals surface area contributed by atoms with E-state index in [1.54, 1.807) is 12.1 Å². The van der Waals surface area contributed by atoms with Crippen LogP contribution in [-0.4, -0.2) is 44.4 Å². The van der Waals surface area contributed by atoms with Gasteiger partial charge in [0.05, 0.1) is 5.75 Å². The molecule has 0 aliphatic carbocycles. The van der Waals surface area contributed by atoms with Crippen molar-refractivity contribution < 1.29 is 25.2 Å². The maximum Gasteiger partial charge on any atom is 0.230 e. The van der Waals surface area contributed by atoms with Crippen molar-refractivity contribution in [2.24, 2.45) is 0 Å². The van der Waals surface area contributed by atoms with Gasteiger partial charge in [0, 0.05) is 34.2 Å². The van der Waals surface area contributed by atoms with Gasteiger partial charge in [-0.1, -0.05) is 0 Å². The van der Waals surface area contributed by atoms with Crippen molar-refractivity contribution in [3.05, 3.63) is 36.4 Å². The molecule has 0 saturated heterocycles. The van der Waals surface area contributed by atoms with E-state index in [0.717, 1.165) is 0 Å². The van der Waals surface area contributed by atoms with Gasteiger partial charge >= 0.3 is 0 Å². The number of amides is 1. The predicted molar refractivity (Wildman–Crippen MR) is 94.0 cm³/mol. The molecule has 0 fully saturated rings. The number of aromatic hydroxyl groups is 4. The zero-order valence-electron chi connectivity index (χ0n) is 12.6. The van der Waals surface area contributed by atoms with E-state index in [-0.39, 0.29) is 34.7 Å². The van der Waals surface area contributed by atoms with Gasteiger partial charge in [-0.05, 0) is 24.3 Å². The van der Waals surface area contributed by atoms with Gasteiger partial charge in [0.25, 0.3) is 0 Å². The highest BCUT2D eigenvalue weighted by Crippen LogP contribution is 2.32. The third-order valence-electron chi connectivity index (χ3n) is 2.93. The van der Waals surface area contributed by atoms with Crippen molar-refractivity contribution in [3.8, 4) is 23.0 Å². The molecule has 0 atom stereocenters. The van der Waals surface area contributed by atoms with Crippen molar-refractivity contribution in [1.82, 2.24) is 5.32 Å². The smallest absolute Gasteiger partial charge is 0.230 e. The SMILES string of the molecule is O=C(CSc1ccc(O)cc1O)NCCSc1ccc(O)cc1O. The molecule has 0 heterocycles. The average molecular weight is 367 g/mol. The fourth-order valence-corrected chi connectivity index (χ4v) is 3.36. The number of carbonyl (C=O) groups excluding carboxylic acids is 1. The summed E-state index contributed by atoms with van der Waals surface area (Å²) >= 11 is 2.54. The monoisotopic (exact) mass is 367 g/mol. The maximum atomic E-state index is 11.8. The molecule has 5 N–H and O–H groups in total. The van der Waals surface area contributed by atoms with Crippen LogP contribution in [0.3, 0.4) is 0 Å². The van der Waals surface area contributed by atoms with Crippen LogP contribution in [0.4, 0.5) is 0 Å². The fraction of sp³-hybridized carbons (Fsp3) is 0.188. The molecular weight excluding hydrogens is 350 g/mol. The molecule has 0 aliphatic rings. The molecule has 1 amide bonds. The van der Waals surface area contributed by atoms with Gasteiger partial charge in [0.2, 0.25) is 5.91 Å². The highest BCUT2D eigenvalue weighted by Gasteiger charge is 2.07. The van der Waals surface area contributed by atoms with Gasteiger partial charge in [0.15, 0.2) is 0 Å². The Labute approximate surface area is 147 Å². The zero-order chi connectivity index (χ0) is 17.5. The molecule has 6 nitrogen and oxygen atoms in total. The minimum absolute atomic E-state index is 0.000314. The summed E-state index contributed by atoms with van der Waals surface area (Å²) in [6.07, 6.45) is 0. The lowest BCUT2D eigenvalue weighted by atomic mass is 10.3. The molecule has 8 heteroatoms. The lowest BCUT2D eigenvalue weighted by molar-refractivity contribution is -0.118. The molecule has 128 valence electrons. The highest BCUT2D eigenvalue weighted by atomic mass is 32.2. The van der Waals surface area contributed by atoms with Crippen LogP contribution in [0.5, 0.6) is 23.0 Å². The number of phenolic OH excluding ortho intramolecular Hbond substituents is 4. The molecule has 2 rings (SSSR count). The summed E-state index contributed by atoms with van der Waals surface area (Å²) in [5.74, 6) is 0.446. The van der Waals surface area contributed by atoms with Crippen LogP contribution < -0.4 is 5.32 Å². The lowest BCUT2D eigenvalue weighted by Crippen LogP contribution is -2.27. The molecule has 2 aromatic carbocycles. The summed E-state index contributed by atoms with van der Waals surface area (Å²) in [5.41, 5.74) is 0. The lowest BCUT2D eigenvalue weighted by Gasteiger charge is -2.07. The standard InChI is InChI=1S/C16H17NO5S2/c18-10-1-3-14(12(20)7-10)23-6-5-17-16(22)9-24-15-4-2-11(19)8-13(15)21/h1-4,7-8,18-21H,5-6,9H2,(H,17,22). The number of rotatable bonds is 7. The summed E-state index contributed by atoms with van der Waals surface area (Å²) in [6.45, 7) is 0.423. The Bertz CT molecular complexity index is 724. The van der Waals surface area contributed by atoms with Crippen molar-refractivity contribution in [3.63, 3.8) is 0 Å². The Hall–Kier alpha value is -2.19. The quantitative estimate of drug-likeness (QED) is 0.378. The number of phenols is 4. The average Bonchev–Trinajstić information content (AvgIpc) is 2.52. The number of hydrogen-bond acceptors (Lipinski definition) is 7. The second kappa shape index (κ2) is 8.60. The molecule has 0 radical (unpaired) electrons. The van der Waals surface area contributed by atoms with Crippen molar-refractivity contribution in [2.45, 2.75) is 9.79 Å². The topological polar surface area (TPSA) is 110 Å². The van der Waals surface area contributed by atoms with Gasteiger partial charge in [-0.3, -0.25) is 4.79 Å². The molecule has 0 aromatic heterocycles. The normalized spacial score (nSPS) is 10.5. The second-order valence-corrected chi connectivity index (χ2v) is 6.95. The van der Waals surface area contributed by atoms with Crippen molar-refractivity contribution in [2.75, 3.05) is 18.1 Å². The third kappa shape index (κ3) is 5.47. The molecule has 2 aromatic rings. The van der Waals surface area contributed by atoms with Gasteiger partial charge in [-0.25, -0.2) is 0 Å². The van der Waals surface area contributed by atoms with E-state index in [4.69, 9.17) is 0 Å². The van der Waals surface area contributed by atoms with E-state index in [1.807, 2.05) is 0 Å². The maximum absolute atomic E-state index is 11.8. The van der Waals surface area contributed by atoms with Crippen LogP contribution >= 0.6 is 23.5 Å². The molecule has 0 unspecified atom stereocenters. The minimum Gasteiger partial charge on any atom is -0.508 e. The molecule has 24 heavy (non-hydrogen) atoms. The molecule has 0 bridgehead atoms. The summed E-state index contributed by atoms with van der Waals surface area (Å²) < 4.78 is 0. The van der Waals surface area contributed by atoms with Crippen LogP contribution in [0.15, 0.2) is 46.2 Å². The molecule has 0 spiro atoms. The Balaban J connectivity index is 1.69. The van der Waals surface area contributed by atoms with Crippen LogP contribution in [0.2, 0.25) is 0 Å². The van der Waals surface area contributed by atoms with Gasteiger partial charge < -0.3 is 25.7 Å².